The van der Waals surface area contributed by atoms with Gasteiger partial charge in [-0.2, -0.15) is 0 Å². The van der Waals surface area contributed by atoms with E-state index in [1.165, 1.54) is 12.8 Å². The minimum atomic E-state index is 0.0835. The van der Waals surface area contributed by atoms with Crippen molar-refractivity contribution in [3.63, 3.8) is 0 Å². The van der Waals surface area contributed by atoms with Gasteiger partial charge in [0.1, 0.15) is 6.10 Å². The summed E-state index contributed by atoms with van der Waals surface area (Å²) in [6, 6.07) is 3.59. The molecule has 0 spiro atoms. The number of hydrogen-bond donors (Lipinski definition) is 0. The van der Waals surface area contributed by atoms with Gasteiger partial charge in [-0.05, 0) is 18.9 Å². The Balaban J connectivity index is 1.61. The van der Waals surface area contributed by atoms with Crippen LogP contribution in [0.2, 0.25) is 0 Å². The second kappa shape index (κ2) is 6.89. The lowest BCUT2D eigenvalue weighted by Crippen LogP contribution is -2.31. The topological polar surface area (TPSA) is 51.7 Å². The second-order valence-electron chi connectivity index (χ2n) is 5.69. The number of aromatic nitrogens is 1. The first-order valence-corrected chi connectivity index (χ1v) is 7.83. The summed E-state index contributed by atoms with van der Waals surface area (Å²) < 4.78 is 11.0. The van der Waals surface area contributed by atoms with E-state index >= 15 is 0 Å². The number of amides is 1. The van der Waals surface area contributed by atoms with Gasteiger partial charge in [-0.1, -0.05) is 12.8 Å². The minimum Gasteiger partial charge on any atom is -0.472 e. The maximum Gasteiger partial charge on any atom is 0.255 e. The molecule has 1 amide bonds. The number of carbonyl (C=O) groups excluding carboxylic acids is 1. The van der Waals surface area contributed by atoms with E-state index in [0.29, 0.717) is 18.1 Å². The molecule has 0 aliphatic carbocycles. The van der Waals surface area contributed by atoms with Crippen LogP contribution >= 0.6 is 0 Å². The van der Waals surface area contributed by atoms with Crippen molar-refractivity contribution in [2.24, 2.45) is 0 Å². The number of pyridine rings is 1. The van der Waals surface area contributed by atoms with Crippen LogP contribution in [0.5, 0.6) is 5.88 Å². The summed E-state index contributed by atoms with van der Waals surface area (Å²) in [5.74, 6) is 0.651. The largest absolute Gasteiger partial charge is 0.472 e. The molecule has 1 unspecified atom stereocenters. The molecule has 1 aromatic heterocycles. The van der Waals surface area contributed by atoms with Crippen LogP contribution in [0.15, 0.2) is 18.3 Å². The molecule has 3 rings (SSSR count). The van der Waals surface area contributed by atoms with Gasteiger partial charge in [0.25, 0.3) is 5.91 Å². The Hall–Kier alpha value is -1.62. The van der Waals surface area contributed by atoms with Gasteiger partial charge in [-0.3, -0.25) is 4.79 Å². The number of ether oxygens (including phenoxy) is 2. The predicted molar refractivity (Wildman–Crippen MR) is 78.5 cm³/mol. The lowest BCUT2D eigenvalue weighted by atomic mass is 10.2. The fourth-order valence-electron chi connectivity index (χ4n) is 2.81. The number of carbonyl (C=O) groups is 1. The molecule has 114 valence electrons. The molecule has 2 saturated heterocycles. The first-order valence-electron chi connectivity index (χ1n) is 7.83. The third kappa shape index (κ3) is 3.73. The van der Waals surface area contributed by atoms with Crippen LogP contribution in [0, 0.1) is 0 Å². The van der Waals surface area contributed by atoms with Crippen LogP contribution in [0.4, 0.5) is 0 Å². The summed E-state index contributed by atoms with van der Waals surface area (Å²) in [7, 11) is 0. The lowest BCUT2D eigenvalue weighted by molar-refractivity contribution is 0.0761. The summed E-state index contributed by atoms with van der Waals surface area (Å²) in [4.78, 5) is 18.6. The Bertz CT molecular complexity index is 461. The molecule has 0 aromatic carbocycles. The summed E-state index contributed by atoms with van der Waals surface area (Å²) in [5.41, 5.74) is 0.645. The van der Waals surface area contributed by atoms with Crippen molar-refractivity contribution in [2.75, 3.05) is 26.3 Å². The van der Waals surface area contributed by atoms with Crippen molar-refractivity contribution in [3.8, 4) is 5.88 Å². The van der Waals surface area contributed by atoms with Crippen LogP contribution < -0.4 is 4.74 Å². The maximum atomic E-state index is 12.4. The van der Waals surface area contributed by atoms with Crippen LogP contribution in [-0.4, -0.2) is 48.2 Å². The average Bonchev–Trinajstić information content (AvgIpc) is 2.87. The van der Waals surface area contributed by atoms with Crippen molar-refractivity contribution in [3.05, 3.63) is 23.9 Å². The molecule has 21 heavy (non-hydrogen) atoms. The summed E-state index contributed by atoms with van der Waals surface area (Å²) in [5, 5.41) is 0. The fraction of sp³-hybridized carbons (Fsp3) is 0.625. The van der Waals surface area contributed by atoms with Gasteiger partial charge in [-0.15, -0.1) is 0 Å². The van der Waals surface area contributed by atoms with Crippen molar-refractivity contribution in [1.29, 1.82) is 0 Å². The Morgan fingerprint density at radius 1 is 1.24 bits per heavy atom. The quantitative estimate of drug-likeness (QED) is 0.857. The molecule has 0 saturated carbocycles. The van der Waals surface area contributed by atoms with Crippen molar-refractivity contribution in [1.82, 2.24) is 9.88 Å². The number of hydrogen-bond acceptors (Lipinski definition) is 4. The first-order chi connectivity index (χ1) is 10.3. The van der Waals surface area contributed by atoms with E-state index in [1.807, 2.05) is 11.0 Å². The highest BCUT2D eigenvalue weighted by atomic mass is 16.5. The van der Waals surface area contributed by atoms with E-state index in [4.69, 9.17) is 9.47 Å². The molecular weight excluding hydrogens is 268 g/mol. The summed E-state index contributed by atoms with van der Waals surface area (Å²) in [6.45, 7) is 3.08. The van der Waals surface area contributed by atoms with E-state index in [-0.39, 0.29) is 12.0 Å². The van der Waals surface area contributed by atoms with Gasteiger partial charge in [0, 0.05) is 31.8 Å². The molecule has 3 heterocycles. The SMILES string of the molecule is O=C(c1ccc(OC2CCOC2)nc1)N1CCCCCC1. The number of rotatable bonds is 3. The highest BCUT2D eigenvalue weighted by molar-refractivity contribution is 5.94. The zero-order valence-electron chi connectivity index (χ0n) is 12.3. The molecule has 0 bridgehead atoms. The summed E-state index contributed by atoms with van der Waals surface area (Å²) in [6.07, 6.45) is 7.25. The highest BCUT2D eigenvalue weighted by Crippen LogP contribution is 2.17. The Morgan fingerprint density at radius 2 is 2.05 bits per heavy atom. The highest BCUT2D eigenvalue weighted by Gasteiger charge is 2.19. The first kappa shape index (κ1) is 14.3. The number of likely N-dealkylation sites (tertiary alicyclic amines) is 1. The Kier molecular flexibility index (Phi) is 4.70. The molecule has 2 aliphatic heterocycles. The molecular formula is C16H22N2O3. The predicted octanol–water partition coefficient (Wildman–Crippen LogP) is 2.27. The normalized spacial score (nSPS) is 22.9. The van der Waals surface area contributed by atoms with Crippen molar-refractivity contribution >= 4 is 5.91 Å². The Morgan fingerprint density at radius 3 is 2.67 bits per heavy atom. The van der Waals surface area contributed by atoms with E-state index in [0.717, 1.165) is 39.0 Å². The fourth-order valence-corrected chi connectivity index (χ4v) is 2.81. The molecule has 0 radical (unpaired) electrons. The second-order valence-corrected chi connectivity index (χ2v) is 5.69. The zero-order chi connectivity index (χ0) is 14.5. The van der Waals surface area contributed by atoms with Crippen LogP contribution in [0.1, 0.15) is 42.5 Å². The molecule has 1 aromatic rings. The van der Waals surface area contributed by atoms with Gasteiger partial charge >= 0.3 is 0 Å². The monoisotopic (exact) mass is 290 g/mol. The summed E-state index contributed by atoms with van der Waals surface area (Å²) >= 11 is 0. The van der Waals surface area contributed by atoms with Gasteiger partial charge in [0.15, 0.2) is 0 Å². The zero-order valence-corrected chi connectivity index (χ0v) is 12.3. The van der Waals surface area contributed by atoms with Crippen LogP contribution in [-0.2, 0) is 4.74 Å². The van der Waals surface area contributed by atoms with E-state index in [1.54, 1.807) is 12.3 Å². The number of nitrogens with zero attached hydrogens (tertiary/aromatic N) is 2. The van der Waals surface area contributed by atoms with Gasteiger partial charge in [-0.25, -0.2) is 4.98 Å². The van der Waals surface area contributed by atoms with Crippen molar-refractivity contribution in [2.45, 2.75) is 38.2 Å². The average molecular weight is 290 g/mol. The van der Waals surface area contributed by atoms with Gasteiger partial charge in [0.05, 0.1) is 18.8 Å². The van der Waals surface area contributed by atoms with Gasteiger partial charge < -0.3 is 14.4 Å². The molecule has 0 N–H and O–H groups in total. The molecule has 5 nitrogen and oxygen atoms in total. The lowest BCUT2D eigenvalue weighted by Gasteiger charge is -2.20. The third-order valence-electron chi connectivity index (χ3n) is 4.05. The molecule has 5 heteroatoms. The van der Waals surface area contributed by atoms with Crippen molar-refractivity contribution < 1.29 is 14.3 Å². The maximum absolute atomic E-state index is 12.4. The van der Waals surface area contributed by atoms with Crippen LogP contribution in [0.3, 0.4) is 0 Å². The molecule has 2 fully saturated rings. The van der Waals surface area contributed by atoms with E-state index in [2.05, 4.69) is 4.98 Å². The smallest absolute Gasteiger partial charge is 0.255 e. The minimum absolute atomic E-state index is 0.0835. The molecule has 2 aliphatic rings. The van der Waals surface area contributed by atoms with E-state index < -0.39 is 0 Å². The third-order valence-corrected chi connectivity index (χ3v) is 4.05. The van der Waals surface area contributed by atoms with Gasteiger partial charge in [0.2, 0.25) is 5.88 Å². The molecule has 1 atom stereocenters. The Labute approximate surface area is 125 Å². The van der Waals surface area contributed by atoms with E-state index in [9.17, 15) is 4.79 Å². The standard InChI is InChI=1S/C16H22N2O3/c19-16(18-8-3-1-2-4-9-18)13-5-6-15(17-11-13)21-14-7-10-20-12-14/h5-6,11,14H,1-4,7-10,12H2. The van der Waals surface area contributed by atoms with Crippen LogP contribution in [0.25, 0.3) is 0 Å².